The molecule has 1 aromatic carbocycles. The minimum Gasteiger partial charge on any atom is -0.495 e. The molecule has 0 aromatic heterocycles. The maximum absolute atomic E-state index is 12.2. The lowest BCUT2D eigenvalue weighted by molar-refractivity contribution is -0.151. The van der Waals surface area contributed by atoms with Gasteiger partial charge in [0, 0.05) is 13.0 Å². The van der Waals surface area contributed by atoms with Gasteiger partial charge in [0.05, 0.1) is 18.7 Å². The number of ether oxygens (including phenoxy) is 2. The van der Waals surface area contributed by atoms with Crippen LogP contribution >= 0.6 is 0 Å². The van der Waals surface area contributed by atoms with Crippen LogP contribution in [0.5, 0.6) is 5.75 Å². The molecular weight excluding hydrogens is 288 g/mol. The Morgan fingerprint density at radius 1 is 1.41 bits per heavy atom. The largest absolute Gasteiger partial charge is 0.495 e. The average Bonchev–Trinajstić information content (AvgIpc) is 2.86. The molecule has 0 saturated carbocycles. The van der Waals surface area contributed by atoms with Crippen molar-refractivity contribution in [3.05, 3.63) is 23.8 Å². The summed E-state index contributed by atoms with van der Waals surface area (Å²) in [6, 6.07) is 5.48. The lowest BCUT2D eigenvalue weighted by Crippen LogP contribution is -2.28. The highest BCUT2D eigenvalue weighted by atomic mass is 16.5. The number of carbonyl (C=O) groups is 3. The first-order chi connectivity index (χ1) is 10.4. The second-order valence-electron chi connectivity index (χ2n) is 5.15. The molecule has 0 bridgehead atoms. The van der Waals surface area contributed by atoms with Gasteiger partial charge in [0.15, 0.2) is 6.61 Å². The van der Waals surface area contributed by atoms with Crippen LogP contribution in [0.1, 0.15) is 12.0 Å². The molecular formula is C15H18N2O5. The van der Waals surface area contributed by atoms with Gasteiger partial charge in [0.2, 0.25) is 5.91 Å². The molecule has 1 aliphatic heterocycles. The number of hydrogen-bond donors (Lipinski definition) is 1. The fourth-order valence-corrected chi connectivity index (χ4v) is 2.37. The highest BCUT2D eigenvalue weighted by molar-refractivity contribution is 6.00. The van der Waals surface area contributed by atoms with Crippen LogP contribution in [0, 0.1) is 12.8 Å². The van der Waals surface area contributed by atoms with Gasteiger partial charge < -0.3 is 20.1 Å². The number of hydrogen-bond acceptors (Lipinski definition) is 5. The number of nitrogens with zero attached hydrogens (tertiary/aromatic N) is 1. The highest BCUT2D eigenvalue weighted by Crippen LogP contribution is 2.34. The third-order valence-corrected chi connectivity index (χ3v) is 3.44. The van der Waals surface area contributed by atoms with Crippen molar-refractivity contribution >= 4 is 23.5 Å². The van der Waals surface area contributed by atoms with Gasteiger partial charge in [0.1, 0.15) is 5.75 Å². The topological polar surface area (TPSA) is 98.9 Å². The minimum absolute atomic E-state index is 0.0364. The van der Waals surface area contributed by atoms with E-state index < -0.39 is 24.4 Å². The number of aryl methyl sites for hydroxylation is 1. The van der Waals surface area contributed by atoms with Crippen LogP contribution in [0.15, 0.2) is 18.2 Å². The second kappa shape index (κ2) is 6.46. The monoisotopic (exact) mass is 306 g/mol. The zero-order valence-corrected chi connectivity index (χ0v) is 12.5. The van der Waals surface area contributed by atoms with E-state index in [1.165, 1.54) is 12.0 Å². The summed E-state index contributed by atoms with van der Waals surface area (Å²) < 4.78 is 10.0. The first-order valence-electron chi connectivity index (χ1n) is 6.82. The summed E-state index contributed by atoms with van der Waals surface area (Å²) in [6.45, 7) is 1.62. The van der Waals surface area contributed by atoms with Crippen molar-refractivity contribution in [2.24, 2.45) is 11.7 Å². The van der Waals surface area contributed by atoms with Crippen molar-refractivity contribution < 1.29 is 23.9 Å². The standard InChI is InChI=1S/C15H18N2O5/c1-9-3-4-12(21-2)11(5-9)17-7-10(6-14(17)19)15(20)22-8-13(16)18/h3-5,10H,6-8H2,1-2H3,(H2,16,18)/t10-/m0/s1. The molecule has 2 N–H and O–H groups in total. The molecule has 0 unspecified atom stereocenters. The van der Waals surface area contributed by atoms with Crippen LogP contribution < -0.4 is 15.4 Å². The zero-order valence-electron chi connectivity index (χ0n) is 12.5. The van der Waals surface area contributed by atoms with Crippen molar-refractivity contribution in [2.45, 2.75) is 13.3 Å². The molecule has 0 radical (unpaired) electrons. The lowest BCUT2D eigenvalue weighted by atomic mass is 10.1. The van der Waals surface area contributed by atoms with E-state index in [9.17, 15) is 14.4 Å². The molecule has 2 rings (SSSR count). The molecule has 1 atom stereocenters. The molecule has 1 aliphatic rings. The van der Waals surface area contributed by atoms with Crippen LogP contribution in [0.25, 0.3) is 0 Å². The predicted octanol–water partition coefficient (Wildman–Crippen LogP) is 0.385. The van der Waals surface area contributed by atoms with Crippen LogP contribution in [0.3, 0.4) is 0 Å². The Labute approximate surface area is 128 Å². The zero-order chi connectivity index (χ0) is 16.3. The molecule has 1 aromatic rings. The Bertz CT molecular complexity index is 614. The molecule has 7 heteroatoms. The first-order valence-corrected chi connectivity index (χ1v) is 6.82. The molecule has 2 amide bonds. The van der Waals surface area contributed by atoms with Crippen LogP contribution in [0.4, 0.5) is 5.69 Å². The van der Waals surface area contributed by atoms with Crippen molar-refractivity contribution in [1.82, 2.24) is 0 Å². The molecule has 0 aliphatic carbocycles. The maximum atomic E-state index is 12.2. The minimum atomic E-state index is -0.727. The summed E-state index contributed by atoms with van der Waals surface area (Å²) in [4.78, 5) is 36.2. The van der Waals surface area contributed by atoms with Gasteiger partial charge in [-0.15, -0.1) is 0 Å². The summed E-state index contributed by atoms with van der Waals surface area (Å²) in [5.41, 5.74) is 6.53. The molecule has 1 saturated heterocycles. The van der Waals surface area contributed by atoms with Crippen molar-refractivity contribution in [2.75, 3.05) is 25.2 Å². The molecule has 7 nitrogen and oxygen atoms in total. The predicted molar refractivity (Wildman–Crippen MR) is 78.3 cm³/mol. The highest BCUT2D eigenvalue weighted by Gasteiger charge is 2.37. The number of carbonyl (C=O) groups excluding carboxylic acids is 3. The third-order valence-electron chi connectivity index (χ3n) is 3.44. The van der Waals surface area contributed by atoms with Crippen LogP contribution in [-0.2, 0) is 19.1 Å². The second-order valence-corrected chi connectivity index (χ2v) is 5.15. The number of rotatable bonds is 5. The number of anilines is 1. The van der Waals surface area contributed by atoms with Gasteiger partial charge in [-0.25, -0.2) is 0 Å². The Morgan fingerprint density at radius 3 is 2.77 bits per heavy atom. The summed E-state index contributed by atoms with van der Waals surface area (Å²) >= 11 is 0. The van der Waals surface area contributed by atoms with E-state index in [1.807, 2.05) is 19.1 Å². The maximum Gasteiger partial charge on any atom is 0.311 e. The van der Waals surface area contributed by atoms with Gasteiger partial charge in [0.25, 0.3) is 5.91 Å². The average molecular weight is 306 g/mol. The smallest absolute Gasteiger partial charge is 0.311 e. The summed E-state index contributed by atoms with van der Waals surface area (Å²) in [5, 5.41) is 0. The first kappa shape index (κ1) is 15.8. The van der Waals surface area contributed by atoms with Crippen molar-refractivity contribution in [1.29, 1.82) is 0 Å². The van der Waals surface area contributed by atoms with E-state index in [1.54, 1.807) is 6.07 Å². The number of amides is 2. The van der Waals surface area contributed by atoms with E-state index in [0.29, 0.717) is 11.4 Å². The number of methoxy groups -OCH3 is 1. The third kappa shape index (κ3) is 3.36. The van der Waals surface area contributed by atoms with E-state index in [0.717, 1.165) is 5.56 Å². The molecule has 1 heterocycles. The molecule has 22 heavy (non-hydrogen) atoms. The van der Waals surface area contributed by atoms with E-state index >= 15 is 0 Å². The Kier molecular flexibility index (Phi) is 4.65. The van der Waals surface area contributed by atoms with Gasteiger partial charge in [-0.1, -0.05) is 6.07 Å². The normalized spacial score (nSPS) is 17.5. The van der Waals surface area contributed by atoms with Crippen molar-refractivity contribution in [3.8, 4) is 5.75 Å². The number of primary amides is 1. The lowest BCUT2D eigenvalue weighted by Gasteiger charge is -2.20. The fraction of sp³-hybridized carbons (Fsp3) is 0.400. The molecule has 1 fully saturated rings. The van der Waals surface area contributed by atoms with Gasteiger partial charge in [-0.05, 0) is 24.6 Å². The number of benzene rings is 1. The van der Waals surface area contributed by atoms with Crippen molar-refractivity contribution in [3.63, 3.8) is 0 Å². The quantitative estimate of drug-likeness (QED) is 0.793. The van der Waals surface area contributed by atoms with E-state index in [-0.39, 0.29) is 18.9 Å². The molecule has 0 spiro atoms. The van der Waals surface area contributed by atoms with Crippen LogP contribution in [0.2, 0.25) is 0 Å². The van der Waals surface area contributed by atoms with E-state index in [4.69, 9.17) is 15.2 Å². The molecule has 118 valence electrons. The van der Waals surface area contributed by atoms with E-state index in [2.05, 4.69) is 0 Å². The Hall–Kier alpha value is -2.57. The SMILES string of the molecule is COc1ccc(C)cc1N1C[C@@H](C(=O)OCC(N)=O)CC1=O. The summed E-state index contributed by atoms with van der Waals surface area (Å²) in [5.74, 6) is -1.57. The fourth-order valence-electron chi connectivity index (χ4n) is 2.37. The summed E-state index contributed by atoms with van der Waals surface area (Å²) in [6.07, 6.45) is 0.0364. The Morgan fingerprint density at radius 2 is 2.14 bits per heavy atom. The summed E-state index contributed by atoms with van der Waals surface area (Å²) in [7, 11) is 1.52. The Balaban J connectivity index is 2.14. The van der Waals surface area contributed by atoms with Gasteiger partial charge >= 0.3 is 5.97 Å². The number of esters is 1. The van der Waals surface area contributed by atoms with Gasteiger partial charge in [-0.2, -0.15) is 0 Å². The van der Waals surface area contributed by atoms with Gasteiger partial charge in [-0.3, -0.25) is 14.4 Å². The van der Waals surface area contributed by atoms with Crippen LogP contribution in [-0.4, -0.2) is 38.0 Å². The number of nitrogens with two attached hydrogens (primary N) is 1.